The summed E-state index contributed by atoms with van der Waals surface area (Å²) in [5.41, 5.74) is 4.31. The van der Waals surface area contributed by atoms with Gasteiger partial charge in [-0.25, -0.2) is 4.79 Å². The molecule has 3 heteroatoms. The lowest BCUT2D eigenvalue weighted by Gasteiger charge is -2.10. The number of carbonyl (C=O) groups excluding carboxylic acids is 1. The van der Waals surface area contributed by atoms with Gasteiger partial charge < -0.3 is 9.47 Å². The first kappa shape index (κ1) is 16.8. The van der Waals surface area contributed by atoms with Crippen LogP contribution >= 0.6 is 0 Å². The summed E-state index contributed by atoms with van der Waals surface area (Å²) in [6.07, 6.45) is 0. The highest BCUT2D eigenvalue weighted by atomic mass is 16.6. The minimum Gasteiger partial charge on any atom is -0.482 e. The Morgan fingerprint density at radius 3 is 2.20 bits per heavy atom. The molecule has 0 aliphatic carbocycles. The topological polar surface area (TPSA) is 35.5 Å². The predicted octanol–water partition coefficient (Wildman–Crippen LogP) is 4.95. The van der Waals surface area contributed by atoms with Gasteiger partial charge >= 0.3 is 5.97 Å². The number of esters is 1. The molecule has 0 N–H and O–H groups in total. The van der Waals surface area contributed by atoms with Gasteiger partial charge in [0.25, 0.3) is 0 Å². The van der Waals surface area contributed by atoms with Crippen LogP contribution in [0.15, 0.2) is 72.8 Å². The SMILES string of the molecule is Cc1ccc(OC(=O)COc2ccc(-c3ccccc3)cc2)c(C)c1. The minimum absolute atomic E-state index is 0.127. The van der Waals surface area contributed by atoms with E-state index in [4.69, 9.17) is 9.47 Å². The molecule has 0 spiro atoms. The van der Waals surface area contributed by atoms with E-state index in [9.17, 15) is 4.79 Å². The van der Waals surface area contributed by atoms with Gasteiger partial charge in [0.2, 0.25) is 0 Å². The first-order valence-corrected chi connectivity index (χ1v) is 8.18. The van der Waals surface area contributed by atoms with Crippen LogP contribution < -0.4 is 9.47 Å². The van der Waals surface area contributed by atoms with Crippen LogP contribution in [-0.2, 0) is 4.79 Å². The van der Waals surface area contributed by atoms with Crippen molar-refractivity contribution >= 4 is 5.97 Å². The molecular weight excluding hydrogens is 312 g/mol. The van der Waals surface area contributed by atoms with Gasteiger partial charge in [0.05, 0.1) is 0 Å². The fourth-order valence-electron chi connectivity index (χ4n) is 2.58. The molecule has 3 rings (SSSR count). The van der Waals surface area contributed by atoms with Gasteiger partial charge in [-0.15, -0.1) is 0 Å². The maximum absolute atomic E-state index is 12.0. The van der Waals surface area contributed by atoms with Crippen molar-refractivity contribution in [1.82, 2.24) is 0 Å². The van der Waals surface area contributed by atoms with E-state index >= 15 is 0 Å². The molecule has 0 heterocycles. The molecule has 0 unspecified atom stereocenters. The molecule has 0 amide bonds. The molecule has 0 radical (unpaired) electrons. The molecule has 3 aromatic carbocycles. The third kappa shape index (κ3) is 4.48. The van der Waals surface area contributed by atoms with Crippen LogP contribution in [0, 0.1) is 13.8 Å². The molecule has 0 saturated carbocycles. The molecule has 0 aliphatic heterocycles. The second kappa shape index (κ2) is 7.67. The van der Waals surface area contributed by atoms with E-state index in [1.54, 1.807) is 6.07 Å². The van der Waals surface area contributed by atoms with Crippen molar-refractivity contribution in [2.45, 2.75) is 13.8 Å². The zero-order chi connectivity index (χ0) is 17.6. The molecule has 0 bridgehead atoms. The van der Waals surface area contributed by atoms with Crippen molar-refractivity contribution in [3.63, 3.8) is 0 Å². The molecule has 3 aromatic rings. The van der Waals surface area contributed by atoms with E-state index in [1.807, 2.05) is 68.4 Å². The number of aryl methyl sites for hydroxylation is 2. The maximum Gasteiger partial charge on any atom is 0.349 e. The standard InChI is InChI=1S/C22H20O3/c1-16-8-13-21(17(2)14-16)25-22(23)15-24-20-11-9-19(10-12-20)18-6-4-3-5-7-18/h3-14H,15H2,1-2H3. The fraction of sp³-hybridized carbons (Fsp3) is 0.136. The molecule has 0 fully saturated rings. The van der Waals surface area contributed by atoms with Crippen molar-refractivity contribution in [3.05, 3.63) is 83.9 Å². The lowest BCUT2D eigenvalue weighted by Crippen LogP contribution is -2.18. The van der Waals surface area contributed by atoms with E-state index < -0.39 is 5.97 Å². The first-order chi connectivity index (χ1) is 12.1. The van der Waals surface area contributed by atoms with Gasteiger partial charge in [-0.1, -0.05) is 60.2 Å². The second-order valence-corrected chi connectivity index (χ2v) is 5.92. The second-order valence-electron chi connectivity index (χ2n) is 5.92. The lowest BCUT2D eigenvalue weighted by molar-refractivity contribution is -0.136. The number of hydrogen-bond donors (Lipinski definition) is 0. The van der Waals surface area contributed by atoms with E-state index in [2.05, 4.69) is 12.1 Å². The van der Waals surface area contributed by atoms with Crippen molar-refractivity contribution in [2.75, 3.05) is 6.61 Å². The Morgan fingerprint density at radius 2 is 1.52 bits per heavy atom. The average Bonchev–Trinajstić information content (AvgIpc) is 2.63. The van der Waals surface area contributed by atoms with Gasteiger partial charge in [0.1, 0.15) is 11.5 Å². The lowest BCUT2D eigenvalue weighted by atomic mass is 10.1. The summed E-state index contributed by atoms with van der Waals surface area (Å²) in [5, 5.41) is 0. The zero-order valence-electron chi connectivity index (χ0n) is 14.4. The largest absolute Gasteiger partial charge is 0.482 e. The summed E-state index contributed by atoms with van der Waals surface area (Å²) >= 11 is 0. The monoisotopic (exact) mass is 332 g/mol. The maximum atomic E-state index is 12.0. The molecular formula is C22H20O3. The summed E-state index contributed by atoms with van der Waals surface area (Å²) in [6.45, 7) is 3.79. The van der Waals surface area contributed by atoms with Gasteiger partial charge in [0.15, 0.2) is 6.61 Å². The van der Waals surface area contributed by atoms with Crippen molar-refractivity contribution in [3.8, 4) is 22.6 Å². The van der Waals surface area contributed by atoms with Crippen LogP contribution in [0.2, 0.25) is 0 Å². The molecule has 126 valence electrons. The Kier molecular flexibility index (Phi) is 5.14. The smallest absolute Gasteiger partial charge is 0.349 e. The highest BCUT2D eigenvalue weighted by molar-refractivity contribution is 5.74. The van der Waals surface area contributed by atoms with Crippen LogP contribution in [0.5, 0.6) is 11.5 Å². The summed E-state index contributed by atoms with van der Waals surface area (Å²) in [6, 6.07) is 23.4. The number of hydrogen-bond acceptors (Lipinski definition) is 3. The highest BCUT2D eigenvalue weighted by Gasteiger charge is 2.08. The Morgan fingerprint density at radius 1 is 0.840 bits per heavy atom. The molecule has 25 heavy (non-hydrogen) atoms. The van der Waals surface area contributed by atoms with Crippen LogP contribution in [-0.4, -0.2) is 12.6 Å². The normalized spacial score (nSPS) is 10.3. The quantitative estimate of drug-likeness (QED) is 0.489. The van der Waals surface area contributed by atoms with Gasteiger partial charge in [0, 0.05) is 0 Å². The minimum atomic E-state index is -0.418. The fourth-order valence-corrected chi connectivity index (χ4v) is 2.58. The predicted molar refractivity (Wildman–Crippen MR) is 98.9 cm³/mol. The van der Waals surface area contributed by atoms with E-state index in [1.165, 1.54) is 0 Å². The third-order valence-corrected chi connectivity index (χ3v) is 3.87. The van der Waals surface area contributed by atoms with Crippen LogP contribution in [0.1, 0.15) is 11.1 Å². The summed E-state index contributed by atoms with van der Waals surface area (Å²) < 4.78 is 10.9. The molecule has 0 aliphatic rings. The van der Waals surface area contributed by atoms with Gasteiger partial charge in [-0.05, 0) is 48.7 Å². The summed E-state index contributed by atoms with van der Waals surface area (Å²) in [4.78, 5) is 12.0. The molecule has 0 saturated heterocycles. The Hall–Kier alpha value is -3.07. The molecule has 0 aromatic heterocycles. The molecule has 0 atom stereocenters. The molecule has 3 nitrogen and oxygen atoms in total. The first-order valence-electron chi connectivity index (χ1n) is 8.18. The zero-order valence-corrected chi connectivity index (χ0v) is 14.4. The van der Waals surface area contributed by atoms with Crippen molar-refractivity contribution < 1.29 is 14.3 Å². The Bertz CT molecular complexity index is 852. The van der Waals surface area contributed by atoms with Crippen LogP contribution in [0.3, 0.4) is 0 Å². The van der Waals surface area contributed by atoms with E-state index in [0.717, 1.165) is 22.3 Å². The van der Waals surface area contributed by atoms with Crippen LogP contribution in [0.25, 0.3) is 11.1 Å². The van der Waals surface area contributed by atoms with E-state index in [0.29, 0.717) is 11.5 Å². The Balaban J connectivity index is 1.57. The Labute approximate surface area is 147 Å². The van der Waals surface area contributed by atoms with Crippen molar-refractivity contribution in [1.29, 1.82) is 0 Å². The van der Waals surface area contributed by atoms with E-state index in [-0.39, 0.29) is 6.61 Å². The highest BCUT2D eigenvalue weighted by Crippen LogP contribution is 2.22. The number of benzene rings is 3. The third-order valence-electron chi connectivity index (χ3n) is 3.87. The summed E-state index contributed by atoms with van der Waals surface area (Å²) in [7, 11) is 0. The van der Waals surface area contributed by atoms with Crippen molar-refractivity contribution in [2.24, 2.45) is 0 Å². The van der Waals surface area contributed by atoms with Gasteiger partial charge in [-0.3, -0.25) is 0 Å². The number of carbonyl (C=O) groups is 1. The van der Waals surface area contributed by atoms with Gasteiger partial charge in [-0.2, -0.15) is 0 Å². The number of rotatable bonds is 5. The number of ether oxygens (including phenoxy) is 2. The van der Waals surface area contributed by atoms with Crippen LogP contribution in [0.4, 0.5) is 0 Å². The summed E-state index contributed by atoms with van der Waals surface area (Å²) in [5.74, 6) is 0.787. The average molecular weight is 332 g/mol.